The van der Waals surface area contributed by atoms with Crippen molar-refractivity contribution in [3.05, 3.63) is 0 Å². The molecule has 3 unspecified atom stereocenters. The third kappa shape index (κ3) is 5.15. The average Bonchev–Trinajstić information content (AvgIpc) is 2.36. The molecule has 122 valence electrons. The van der Waals surface area contributed by atoms with E-state index in [9.17, 15) is 9.90 Å². The highest BCUT2D eigenvalue weighted by atomic mass is 16.3. The SMILES string of the molecule is CC(O)CCNC(=O)NC(C)C1CCCN(C2CCC2)C1. The molecular weight excluding hydrogens is 266 g/mol. The van der Waals surface area contributed by atoms with Gasteiger partial charge in [-0.05, 0) is 58.4 Å². The molecule has 0 aromatic heterocycles. The number of amides is 2. The maximum absolute atomic E-state index is 11.8. The van der Waals surface area contributed by atoms with E-state index in [4.69, 9.17) is 0 Å². The number of carbonyl (C=O) groups is 1. The highest BCUT2D eigenvalue weighted by Crippen LogP contribution is 2.30. The van der Waals surface area contributed by atoms with Crippen LogP contribution in [-0.2, 0) is 0 Å². The lowest BCUT2D eigenvalue weighted by molar-refractivity contribution is 0.0678. The monoisotopic (exact) mass is 297 g/mol. The average molecular weight is 297 g/mol. The molecule has 1 aliphatic heterocycles. The number of rotatable bonds is 6. The van der Waals surface area contributed by atoms with Gasteiger partial charge in [-0.25, -0.2) is 4.79 Å². The third-order valence-corrected chi connectivity index (χ3v) is 4.99. The summed E-state index contributed by atoms with van der Waals surface area (Å²) in [5.41, 5.74) is 0. The first-order chi connectivity index (χ1) is 10.1. The van der Waals surface area contributed by atoms with Gasteiger partial charge in [-0.1, -0.05) is 6.42 Å². The Labute approximate surface area is 128 Å². The van der Waals surface area contributed by atoms with Crippen molar-refractivity contribution in [1.82, 2.24) is 15.5 Å². The number of carbonyl (C=O) groups excluding carboxylic acids is 1. The fraction of sp³-hybridized carbons (Fsp3) is 0.938. The minimum absolute atomic E-state index is 0.107. The summed E-state index contributed by atoms with van der Waals surface area (Å²) < 4.78 is 0. The van der Waals surface area contributed by atoms with Gasteiger partial charge in [0.2, 0.25) is 0 Å². The number of urea groups is 1. The van der Waals surface area contributed by atoms with Gasteiger partial charge in [0.15, 0.2) is 0 Å². The van der Waals surface area contributed by atoms with Crippen LogP contribution in [0.1, 0.15) is 52.4 Å². The van der Waals surface area contributed by atoms with Crippen LogP contribution in [0.4, 0.5) is 4.79 Å². The van der Waals surface area contributed by atoms with E-state index >= 15 is 0 Å². The van der Waals surface area contributed by atoms with E-state index in [-0.39, 0.29) is 18.2 Å². The Morgan fingerprint density at radius 3 is 2.67 bits per heavy atom. The van der Waals surface area contributed by atoms with Crippen molar-refractivity contribution in [1.29, 1.82) is 0 Å². The molecule has 21 heavy (non-hydrogen) atoms. The minimum atomic E-state index is -0.364. The normalized spacial score (nSPS) is 26.7. The van der Waals surface area contributed by atoms with Crippen LogP contribution >= 0.6 is 0 Å². The van der Waals surface area contributed by atoms with E-state index in [1.807, 2.05) is 0 Å². The van der Waals surface area contributed by atoms with Gasteiger partial charge in [0, 0.05) is 25.2 Å². The zero-order chi connectivity index (χ0) is 15.2. The van der Waals surface area contributed by atoms with Crippen LogP contribution in [0, 0.1) is 5.92 Å². The maximum Gasteiger partial charge on any atom is 0.315 e. The van der Waals surface area contributed by atoms with E-state index in [1.165, 1.54) is 38.6 Å². The van der Waals surface area contributed by atoms with Gasteiger partial charge in [0.25, 0.3) is 0 Å². The highest BCUT2D eigenvalue weighted by molar-refractivity contribution is 5.74. The van der Waals surface area contributed by atoms with Crippen molar-refractivity contribution in [3.63, 3.8) is 0 Å². The van der Waals surface area contributed by atoms with Crippen molar-refractivity contribution in [2.75, 3.05) is 19.6 Å². The summed E-state index contributed by atoms with van der Waals surface area (Å²) >= 11 is 0. The molecular formula is C16H31N3O2. The van der Waals surface area contributed by atoms with Crippen molar-refractivity contribution in [2.45, 2.75) is 70.6 Å². The van der Waals surface area contributed by atoms with Gasteiger partial charge in [-0.3, -0.25) is 0 Å². The quantitative estimate of drug-likeness (QED) is 0.699. The molecule has 5 nitrogen and oxygen atoms in total. The molecule has 2 rings (SSSR count). The van der Waals surface area contributed by atoms with Crippen molar-refractivity contribution < 1.29 is 9.90 Å². The van der Waals surface area contributed by atoms with E-state index in [0.717, 1.165) is 12.6 Å². The largest absolute Gasteiger partial charge is 0.393 e. The van der Waals surface area contributed by atoms with Crippen LogP contribution in [0.25, 0.3) is 0 Å². The smallest absolute Gasteiger partial charge is 0.315 e. The van der Waals surface area contributed by atoms with Crippen LogP contribution in [0.5, 0.6) is 0 Å². The molecule has 1 heterocycles. The molecule has 1 saturated carbocycles. The Hall–Kier alpha value is -0.810. The molecule has 1 saturated heterocycles. The van der Waals surface area contributed by atoms with Crippen LogP contribution < -0.4 is 10.6 Å². The summed E-state index contributed by atoms with van der Waals surface area (Å²) in [5.74, 6) is 0.557. The molecule has 3 N–H and O–H groups in total. The van der Waals surface area contributed by atoms with Gasteiger partial charge >= 0.3 is 6.03 Å². The third-order valence-electron chi connectivity index (χ3n) is 4.99. The van der Waals surface area contributed by atoms with Crippen molar-refractivity contribution in [3.8, 4) is 0 Å². The highest BCUT2D eigenvalue weighted by Gasteiger charge is 2.31. The molecule has 2 fully saturated rings. The van der Waals surface area contributed by atoms with Crippen LogP contribution in [0.3, 0.4) is 0 Å². The molecule has 0 spiro atoms. The molecule has 0 aromatic rings. The second kappa shape index (κ2) is 7.99. The fourth-order valence-corrected chi connectivity index (χ4v) is 3.30. The summed E-state index contributed by atoms with van der Waals surface area (Å²) in [6, 6.07) is 0.906. The van der Waals surface area contributed by atoms with Crippen LogP contribution in [0.2, 0.25) is 0 Å². The number of hydrogen-bond acceptors (Lipinski definition) is 3. The Balaban J connectivity index is 1.69. The first-order valence-electron chi connectivity index (χ1n) is 8.52. The topological polar surface area (TPSA) is 64.6 Å². The maximum atomic E-state index is 11.8. The van der Waals surface area contributed by atoms with Crippen LogP contribution in [-0.4, -0.2) is 53.9 Å². The zero-order valence-corrected chi connectivity index (χ0v) is 13.5. The van der Waals surface area contributed by atoms with Gasteiger partial charge in [-0.15, -0.1) is 0 Å². The Bertz CT molecular complexity index is 331. The Morgan fingerprint density at radius 2 is 2.05 bits per heavy atom. The van der Waals surface area contributed by atoms with Gasteiger partial charge in [0.05, 0.1) is 6.10 Å². The van der Waals surface area contributed by atoms with E-state index in [2.05, 4.69) is 22.5 Å². The molecule has 0 aromatic carbocycles. The first-order valence-corrected chi connectivity index (χ1v) is 8.52. The lowest BCUT2D eigenvalue weighted by Gasteiger charge is -2.43. The van der Waals surface area contributed by atoms with Gasteiger partial charge < -0.3 is 20.6 Å². The number of aliphatic hydroxyl groups excluding tert-OH is 1. The number of hydrogen-bond donors (Lipinski definition) is 3. The predicted molar refractivity (Wildman–Crippen MR) is 84.2 cm³/mol. The van der Waals surface area contributed by atoms with Crippen LogP contribution in [0.15, 0.2) is 0 Å². The second-order valence-corrected chi connectivity index (χ2v) is 6.81. The van der Waals surface area contributed by atoms with Gasteiger partial charge in [-0.2, -0.15) is 0 Å². The summed E-state index contributed by atoms with van der Waals surface area (Å²) in [6.07, 6.45) is 6.78. The number of likely N-dealkylation sites (tertiary alicyclic amines) is 1. The van der Waals surface area contributed by atoms with E-state index in [1.54, 1.807) is 6.92 Å². The van der Waals surface area contributed by atoms with Crippen molar-refractivity contribution >= 4 is 6.03 Å². The Morgan fingerprint density at radius 1 is 1.29 bits per heavy atom. The molecule has 2 amide bonds. The second-order valence-electron chi connectivity index (χ2n) is 6.81. The lowest BCUT2D eigenvalue weighted by Crippen LogP contribution is -2.52. The predicted octanol–water partition coefficient (Wildman–Crippen LogP) is 1.71. The summed E-state index contributed by atoms with van der Waals surface area (Å²) in [7, 11) is 0. The van der Waals surface area contributed by atoms with E-state index in [0.29, 0.717) is 18.9 Å². The molecule has 1 aliphatic carbocycles. The molecule has 0 bridgehead atoms. The van der Waals surface area contributed by atoms with Crippen molar-refractivity contribution in [2.24, 2.45) is 5.92 Å². The zero-order valence-electron chi connectivity index (χ0n) is 13.5. The standard InChI is InChI=1S/C16H31N3O2/c1-12(20)8-9-17-16(21)18-13(2)14-5-4-10-19(11-14)15-6-3-7-15/h12-15,20H,3-11H2,1-2H3,(H2,17,18,21). The Kier molecular flexibility index (Phi) is 6.30. The first kappa shape index (κ1) is 16.6. The molecule has 3 atom stereocenters. The number of nitrogens with zero attached hydrogens (tertiary/aromatic N) is 1. The van der Waals surface area contributed by atoms with Gasteiger partial charge in [0.1, 0.15) is 0 Å². The van der Waals surface area contributed by atoms with E-state index < -0.39 is 0 Å². The summed E-state index contributed by atoms with van der Waals surface area (Å²) in [6.45, 7) is 6.73. The molecule has 5 heteroatoms. The number of aliphatic hydroxyl groups is 1. The summed E-state index contributed by atoms with van der Waals surface area (Å²) in [5, 5.41) is 15.1. The molecule has 2 aliphatic rings. The number of nitrogens with one attached hydrogen (secondary N) is 2. The summed E-state index contributed by atoms with van der Waals surface area (Å²) in [4.78, 5) is 14.5. The fourth-order valence-electron chi connectivity index (χ4n) is 3.30. The minimum Gasteiger partial charge on any atom is -0.393 e. The number of piperidine rings is 1. The molecule has 0 radical (unpaired) electrons. The lowest BCUT2D eigenvalue weighted by atomic mass is 9.86.